The second kappa shape index (κ2) is 8.31. The lowest BCUT2D eigenvalue weighted by atomic mass is 10.0. The van der Waals surface area contributed by atoms with E-state index in [0.29, 0.717) is 18.3 Å². The van der Waals surface area contributed by atoms with Crippen molar-refractivity contribution in [1.82, 2.24) is 10.7 Å². The summed E-state index contributed by atoms with van der Waals surface area (Å²) < 4.78 is 10.3. The van der Waals surface area contributed by atoms with Gasteiger partial charge in [-0.2, -0.15) is 5.10 Å². The molecule has 5 nitrogen and oxygen atoms in total. The predicted molar refractivity (Wildman–Crippen MR) is 93.7 cm³/mol. The molecule has 0 bridgehead atoms. The fraction of sp³-hybridized carbons (Fsp3) is 0.250. The van der Waals surface area contributed by atoms with E-state index in [1.165, 1.54) is 0 Å². The summed E-state index contributed by atoms with van der Waals surface area (Å²) in [7, 11) is 3.29. The van der Waals surface area contributed by atoms with Gasteiger partial charge in [0.05, 0.1) is 19.9 Å². The number of methoxy groups -OCH3 is 2. The van der Waals surface area contributed by atoms with E-state index in [-0.39, 0.29) is 0 Å². The molecule has 0 aliphatic rings. The molecule has 22 heavy (non-hydrogen) atoms. The topological polar surface area (TPSA) is 54.9 Å². The average molecular weight is 317 g/mol. The zero-order valence-electron chi connectivity index (χ0n) is 12.6. The molecule has 116 valence electrons. The first-order valence-corrected chi connectivity index (χ1v) is 7.28. The van der Waals surface area contributed by atoms with Crippen LogP contribution < -0.4 is 15.5 Å². The van der Waals surface area contributed by atoms with Crippen LogP contribution in [0.5, 0.6) is 5.75 Å². The zero-order valence-corrected chi connectivity index (χ0v) is 13.4. The molecule has 0 saturated carbocycles. The normalized spacial score (nSPS) is 10.8. The predicted octanol–water partition coefficient (Wildman–Crippen LogP) is 2.29. The van der Waals surface area contributed by atoms with Gasteiger partial charge in [0.1, 0.15) is 5.75 Å². The molecule has 0 atom stereocenters. The molecule has 0 saturated heterocycles. The fourth-order valence-corrected chi connectivity index (χ4v) is 2.20. The Balaban J connectivity index is 2.13. The van der Waals surface area contributed by atoms with Crippen LogP contribution in [0.15, 0.2) is 41.5 Å². The molecule has 6 heteroatoms. The van der Waals surface area contributed by atoms with E-state index >= 15 is 0 Å². The highest BCUT2D eigenvalue weighted by atomic mass is 32.1. The van der Waals surface area contributed by atoms with Crippen molar-refractivity contribution in [3.8, 4) is 5.75 Å². The highest BCUT2D eigenvalue weighted by molar-refractivity contribution is 7.80. The highest BCUT2D eigenvalue weighted by Crippen LogP contribution is 2.26. The zero-order chi connectivity index (χ0) is 15.8. The van der Waals surface area contributed by atoms with Crippen LogP contribution in [0, 0.1) is 0 Å². The summed E-state index contributed by atoms with van der Waals surface area (Å²) in [6, 6.07) is 12.0. The van der Waals surface area contributed by atoms with Gasteiger partial charge in [-0.05, 0) is 29.1 Å². The molecule has 2 aromatic carbocycles. The smallest absolute Gasteiger partial charge is 0.187 e. The molecule has 0 aliphatic carbocycles. The minimum Gasteiger partial charge on any atom is -0.496 e. The van der Waals surface area contributed by atoms with Gasteiger partial charge in [-0.25, -0.2) is 0 Å². The van der Waals surface area contributed by atoms with Crippen LogP contribution in [0.3, 0.4) is 0 Å². The van der Waals surface area contributed by atoms with Crippen LogP contribution in [-0.4, -0.2) is 38.7 Å². The van der Waals surface area contributed by atoms with Crippen LogP contribution >= 0.6 is 12.2 Å². The number of thiocarbonyl (C=S) groups is 1. The third kappa shape index (κ3) is 4.16. The van der Waals surface area contributed by atoms with E-state index < -0.39 is 0 Å². The van der Waals surface area contributed by atoms with Gasteiger partial charge in [-0.3, -0.25) is 5.43 Å². The van der Waals surface area contributed by atoms with Crippen LogP contribution in [-0.2, 0) is 4.74 Å². The van der Waals surface area contributed by atoms with Crippen molar-refractivity contribution < 1.29 is 9.47 Å². The monoisotopic (exact) mass is 317 g/mol. The Bertz CT molecular complexity index is 673. The first-order chi connectivity index (χ1) is 10.8. The van der Waals surface area contributed by atoms with Gasteiger partial charge in [0.25, 0.3) is 0 Å². The quantitative estimate of drug-likeness (QED) is 0.370. The summed E-state index contributed by atoms with van der Waals surface area (Å²) in [5.74, 6) is 0.766. The summed E-state index contributed by atoms with van der Waals surface area (Å²) in [5.41, 5.74) is 3.69. The number of hydrogen-bond acceptors (Lipinski definition) is 4. The first-order valence-electron chi connectivity index (χ1n) is 6.88. The number of hydrogen-bond donors (Lipinski definition) is 2. The van der Waals surface area contributed by atoms with Crippen molar-refractivity contribution in [2.75, 3.05) is 27.4 Å². The lowest BCUT2D eigenvalue weighted by Crippen LogP contribution is -2.34. The standard InChI is InChI=1S/C16H19N3O2S/c1-20-10-9-17-16(22)19-18-11-14-13-6-4-3-5-12(13)7-8-15(14)21-2/h3-8,11H,9-10H2,1-2H3,(H2,17,19,22)/b18-11+. The number of rotatable bonds is 6. The van der Waals surface area contributed by atoms with Gasteiger partial charge in [0.2, 0.25) is 0 Å². The molecule has 0 spiro atoms. The van der Waals surface area contributed by atoms with Crippen molar-refractivity contribution in [3.05, 3.63) is 42.0 Å². The third-order valence-corrected chi connectivity index (χ3v) is 3.34. The number of nitrogens with zero attached hydrogens (tertiary/aromatic N) is 1. The molecule has 2 N–H and O–H groups in total. The van der Waals surface area contributed by atoms with E-state index in [2.05, 4.69) is 21.9 Å². The van der Waals surface area contributed by atoms with E-state index in [9.17, 15) is 0 Å². The molecule has 0 aliphatic heterocycles. The van der Waals surface area contributed by atoms with Crippen LogP contribution in [0.4, 0.5) is 0 Å². The van der Waals surface area contributed by atoms with Crippen molar-refractivity contribution >= 4 is 34.3 Å². The summed E-state index contributed by atoms with van der Waals surface area (Å²) >= 11 is 5.12. The Labute approximate surface area is 135 Å². The van der Waals surface area contributed by atoms with Crippen molar-refractivity contribution in [2.45, 2.75) is 0 Å². The molecule has 0 amide bonds. The van der Waals surface area contributed by atoms with Gasteiger partial charge in [0.15, 0.2) is 5.11 Å². The maximum absolute atomic E-state index is 5.41. The summed E-state index contributed by atoms with van der Waals surface area (Å²) in [5, 5.41) is 9.82. The fourth-order valence-electron chi connectivity index (χ4n) is 2.05. The molecule has 0 heterocycles. The largest absolute Gasteiger partial charge is 0.496 e. The van der Waals surface area contributed by atoms with Gasteiger partial charge >= 0.3 is 0 Å². The number of fused-ring (bicyclic) bond motifs is 1. The Kier molecular flexibility index (Phi) is 6.12. The molecule has 0 fully saturated rings. The van der Waals surface area contributed by atoms with Crippen LogP contribution in [0.1, 0.15) is 5.56 Å². The van der Waals surface area contributed by atoms with Gasteiger partial charge in [0, 0.05) is 19.2 Å². The summed E-state index contributed by atoms with van der Waals surface area (Å²) in [6.07, 6.45) is 1.71. The lowest BCUT2D eigenvalue weighted by Gasteiger charge is -2.09. The maximum atomic E-state index is 5.41. The van der Waals surface area contributed by atoms with Gasteiger partial charge in [-0.1, -0.05) is 30.3 Å². The average Bonchev–Trinajstić information content (AvgIpc) is 2.55. The Morgan fingerprint density at radius 1 is 1.23 bits per heavy atom. The molecule has 0 aromatic heterocycles. The van der Waals surface area contributed by atoms with Crippen molar-refractivity contribution in [3.63, 3.8) is 0 Å². The molecular weight excluding hydrogens is 298 g/mol. The molecule has 2 rings (SSSR count). The van der Waals surface area contributed by atoms with Crippen molar-refractivity contribution in [1.29, 1.82) is 0 Å². The summed E-state index contributed by atoms with van der Waals surface area (Å²) in [4.78, 5) is 0. The first kappa shape index (κ1) is 16.2. The van der Waals surface area contributed by atoms with E-state index in [1.54, 1.807) is 20.4 Å². The number of nitrogens with one attached hydrogen (secondary N) is 2. The minimum atomic E-state index is 0.451. The second-order valence-corrected chi connectivity index (χ2v) is 4.93. The van der Waals surface area contributed by atoms with Crippen LogP contribution in [0.2, 0.25) is 0 Å². The third-order valence-electron chi connectivity index (χ3n) is 3.10. The number of ether oxygens (including phenoxy) is 2. The number of benzene rings is 2. The summed E-state index contributed by atoms with van der Waals surface area (Å²) in [6.45, 7) is 1.22. The molecule has 0 unspecified atom stereocenters. The Morgan fingerprint density at radius 3 is 2.82 bits per heavy atom. The lowest BCUT2D eigenvalue weighted by molar-refractivity contribution is 0.204. The van der Waals surface area contributed by atoms with Gasteiger partial charge < -0.3 is 14.8 Å². The molecule has 2 aromatic rings. The number of hydrazone groups is 1. The second-order valence-electron chi connectivity index (χ2n) is 4.52. The van der Waals surface area contributed by atoms with E-state index in [1.807, 2.05) is 30.3 Å². The van der Waals surface area contributed by atoms with Gasteiger partial charge in [-0.15, -0.1) is 0 Å². The van der Waals surface area contributed by atoms with Crippen molar-refractivity contribution in [2.24, 2.45) is 5.10 Å². The SMILES string of the molecule is COCCNC(=S)N/N=C/c1c(OC)ccc2ccccc12. The maximum Gasteiger partial charge on any atom is 0.187 e. The van der Waals surface area contributed by atoms with Crippen LogP contribution in [0.25, 0.3) is 10.8 Å². The Morgan fingerprint density at radius 2 is 2.05 bits per heavy atom. The minimum absolute atomic E-state index is 0.451. The van der Waals surface area contributed by atoms with E-state index in [4.69, 9.17) is 21.7 Å². The van der Waals surface area contributed by atoms with E-state index in [0.717, 1.165) is 22.1 Å². The molecule has 0 radical (unpaired) electrons. The Hall–Kier alpha value is -2.18. The molecular formula is C16H19N3O2S. The highest BCUT2D eigenvalue weighted by Gasteiger charge is 2.05.